The lowest BCUT2D eigenvalue weighted by Gasteiger charge is -2.35. The van der Waals surface area contributed by atoms with E-state index in [-0.39, 0.29) is 23.7 Å². The van der Waals surface area contributed by atoms with Gasteiger partial charge in [0.15, 0.2) is 5.78 Å². The Kier molecular flexibility index (Phi) is 2.53. The Morgan fingerprint density at radius 1 is 1.59 bits per heavy atom. The van der Waals surface area contributed by atoms with Crippen molar-refractivity contribution < 1.29 is 14.3 Å². The summed E-state index contributed by atoms with van der Waals surface area (Å²) in [6, 6.07) is 0. The van der Waals surface area contributed by atoms with Gasteiger partial charge in [-0.15, -0.1) is 0 Å². The van der Waals surface area contributed by atoms with Gasteiger partial charge in [-0.25, -0.2) is 4.79 Å². The highest BCUT2D eigenvalue weighted by atomic mass is 16.5. The van der Waals surface area contributed by atoms with Crippen molar-refractivity contribution in [2.24, 2.45) is 16.7 Å². The number of esters is 1. The van der Waals surface area contributed by atoms with Crippen LogP contribution in [0.3, 0.4) is 0 Å². The lowest BCUT2D eigenvalue weighted by molar-refractivity contribution is -0.147. The fourth-order valence-corrected chi connectivity index (χ4v) is 3.47. The van der Waals surface area contributed by atoms with E-state index < -0.39 is 11.4 Å². The molecule has 17 heavy (non-hydrogen) atoms. The molecule has 3 heteroatoms. The fraction of sp³-hybridized carbons (Fsp3) is 0.571. The molecule has 0 N–H and O–H groups in total. The van der Waals surface area contributed by atoms with Gasteiger partial charge in [-0.05, 0) is 29.7 Å². The van der Waals surface area contributed by atoms with Crippen molar-refractivity contribution in [1.29, 1.82) is 0 Å². The third kappa shape index (κ3) is 1.34. The van der Waals surface area contributed by atoms with Crippen molar-refractivity contribution in [3.63, 3.8) is 0 Å². The van der Waals surface area contributed by atoms with Crippen LogP contribution in [0.5, 0.6) is 0 Å². The van der Waals surface area contributed by atoms with Crippen molar-refractivity contribution in [3.8, 4) is 0 Å². The van der Waals surface area contributed by atoms with Gasteiger partial charge in [0.05, 0.1) is 5.41 Å². The number of ketones is 1. The summed E-state index contributed by atoms with van der Waals surface area (Å²) in [6.45, 7) is 11.5. The molecule has 0 radical (unpaired) electrons. The van der Waals surface area contributed by atoms with E-state index in [4.69, 9.17) is 4.74 Å². The SMILES string of the molecule is C=CC(=O)OCC12CCC(C(=C)C1=O)C2(C)C. The topological polar surface area (TPSA) is 43.4 Å². The summed E-state index contributed by atoms with van der Waals surface area (Å²) in [5.74, 6) is -0.156. The minimum atomic E-state index is -0.562. The molecule has 3 nitrogen and oxygen atoms in total. The first-order valence-corrected chi connectivity index (χ1v) is 5.89. The number of fused-ring (bicyclic) bond motifs is 2. The van der Waals surface area contributed by atoms with Crippen LogP contribution in [-0.4, -0.2) is 18.4 Å². The molecule has 0 aromatic carbocycles. The highest BCUT2D eigenvalue weighted by Gasteiger charge is 2.66. The minimum absolute atomic E-state index is 0.0793. The van der Waals surface area contributed by atoms with Crippen molar-refractivity contribution in [2.45, 2.75) is 26.7 Å². The van der Waals surface area contributed by atoms with Crippen molar-refractivity contribution in [3.05, 3.63) is 24.8 Å². The average molecular weight is 234 g/mol. The second-order valence-corrected chi connectivity index (χ2v) is 5.56. The molecule has 0 saturated heterocycles. The fourth-order valence-electron chi connectivity index (χ4n) is 3.47. The monoisotopic (exact) mass is 234 g/mol. The van der Waals surface area contributed by atoms with Crippen LogP contribution in [0.25, 0.3) is 0 Å². The summed E-state index contributed by atoms with van der Waals surface area (Å²) < 4.78 is 5.13. The molecule has 0 amide bonds. The van der Waals surface area contributed by atoms with Crippen molar-refractivity contribution in [1.82, 2.24) is 0 Å². The van der Waals surface area contributed by atoms with Crippen molar-refractivity contribution >= 4 is 11.8 Å². The predicted octanol–water partition coefficient (Wildman–Crippen LogP) is 2.28. The Morgan fingerprint density at radius 2 is 2.24 bits per heavy atom. The summed E-state index contributed by atoms with van der Waals surface area (Å²) in [7, 11) is 0. The molecular formula is C14H18O3. The van der Waals surface area contributed by atoms with E-state index in [0.29, 0.717) is 5.57 Å². The van der Waals surface area contributed by atoms with E-state index in [2.05, 4.69) is 27.0 Å². The Labute approximate surface area is 102 Å². The standard InChI is InChI=1S/C14H18O3/c1-5-11(15)17-8-14-7-6-10(13(14,3)4)9(2)12(14)16/h5,10H,1-2,6-8H2,3-4H3. The second kappa shape index (κ2) is 3.56. The van der Waals surface area contributed by atoms with Gasteiger partial charge in [-0.2, -0.15) is 0 Å². The smallest absolute Gasteiger partial charge is 0.330 e. The number of carbonyl (C=O) groups excluding carboxylic acids is 2. The molecule has 2 bridgehead atoms. The normalized spacial score (nSPS) is 33.9. The van der Waals surface area contributed by atoms with Gasteiger partial charge in [0, 0.05) is 6.08 Å². The van der Waals surface area contributed by atoms with Gasteiger partial charge in [0.2, 0.25) is 0 Å². The van der Waals surface area contributed by atoms with Gasteiger partial charge in [0.25, 0.3) is 0 Å². The molecule has 2 fully saturated rings. The van der Waals surface area contributed by atoms with Crippen LogP contribution >= 0.6 is 0 Å². The Hall–Kier alpha value is -1.38. The summed E-state index contributed by atoms with van der Waals surface area (Å²) in [4.78, 5) is 23.5. The molecule has 0 spiro atoms. The van der Waals surface area contributed by atoms with Crippen LogP contribution in [-0.2, 0) is 14.3 Å². The molecule has 0 aromatic heterocycles. The van der Waals surface area contributed by atoms with Crippen LogP contribution in [0.15, 0.2) is 24.8 Å². The zero-order valence-corrected chi connectivity index (χ0v) is 10.4. The zero-order valence-electron chi connectivity index (χ0n) is 10.4. The number of hydrogen-bond acceptors (Lipinski definition) is 3. The third-order valence-electron chi connectivity index (χ3n) is 4.74. The van der Waals surface area contributed by atoms with Gasteiger partial charge >= 0.3 is 5.97 Å². The number of Topliss-reactive ketones (excluding diaryl/α,β-unsaturated/α-hetero) is 1. The van der Waals surface area contributed by atoms with E-state index in [0.717, 1.165) is 18.9 Å². The maximum absolute atomic E-state index is 12.3. The molecule has 2 atom stereocenters. The van der Waals surface area contributed by atoms with Crippen LogP contribution in [0.1, 0.15) is 26.7 Å². The lowest BCUT2D eigenvalue weighted by atomic mass is 9.69. The zero-order chi connectivity index (χ0) is 12.8. The number of allylic oxidation sites excluding steroid dienone is 1. The molecule has 2 rings (SSSR count). The van der Waals surface area contributed by atoms with E-state index in [1.54, 1.807) is 0 Å². The van der Waals surface area contributed by atoms with Gasteiger partial charge in [0.1, 0.15) is 6.61 Å². The van der Waals surface area contributed by atoms with Gasteiger partial charge < -0.3 is 4.74 Å². The number of ether oxygens (including phenoxy) is 1. The summed E-state index contributed by atoms with van der Waals surface area (Å²) in [6.07, 6.45) is 2.88. The molecule has 2 aliphatic carbocycles. The number of hydrogen-bond donors (Lipinski definition) is 0. The molecule has 0 aromatic rings. The van der Waals surface area contributed by atoms with Crippen LogP contribution < -0.4 is 0 Å². The Morgan fingerprint density at radius 3 is 2.71 bits per heavy atom. The Balaban J connectivity index is 2.28. The summed E-state index contributed by atoms with van der Waals surface area (Å²) >= 11 is 0. The first kappa shape index (κ1) is 12.1. The van der Waals surface area contributed by atoms with Crippen LogP contribution in [0.4, 0.5) is 0 Å². The molecular weight excluding hydrogens is 216 g/mol. The van der Waals surface area contributed by atoms with Crippen LogP contribution in [0, 0.1) is 16.7 Å². The quantitative estimate of drug-likeness (QED) is 0.556. The summed E-state index contributed by atoms with van der Waals surface area (Å²) in [5.41, 5.74) is -0.0216. The molecule has 0 heterocycles. The maximum atomic E-state index is 12.3. The van der Waals surface area contributed by atoms with E-state index in [1.165, 1.54) is 0 Å². The molecule has 2 aliphatic rings. The Bertz CT molecular complexity index is 419. The molecule has 92 valence electrons. The first-order chi connectivity index (χ1) is 7.87. The van der Waals surface area contributed by atoms with E-state index in [1.807, 2.05) is 0 Å². The number of rotatable bonds is 3. The molecule has 0 aliphatic heterocycles. The average Bonchev–Trinajstić information content (AvgIpc) is 2.62. The van der Waals surface area contributed by atoms with Gasteiger partial charge in [-0.1, -0.05) is 27.0 Å². The third-order valence-corrected chi connectivity index (χ3v) is 4.74. The second-order valence-electron chi connectivity index (χ2n) is 5.56. The highest BCUT2D eigenvalue weighted by molar-refractivity contribution is 6.04. The van der Waals surface area contributed by atoms with E-state index in [9.17, 15) is 9.59 Å². The highest BCUT2D eigenvalue weighted by Crippen LogP contribution is 2.65. The largest absolute Gasteiger partial charge is 0.461 e. The maximum Gasteiger partial charge on any atom is 0.330 e. The van der Waals surface area contributed by atoms with Gasteiger partial charge in [-0.3, -0.25) is 4.79 Å². The predicted molar refractivity (Wildman–Crippen MR) is 64.2 cm³/mol. The first-order valence-electron chi connectivity index (χ1n) is 5.89. The number of carbonyl (C=O) groups is 2. The summed E-state index contributed by atoms with van der Waals surface area (Å²) in [5, 5.41) is 0. The van der Waals surface area contributed by atoms with E-state index >= 15 is 0 Å². The molecule has 2 saturated carbocycles. The van der Waals surface area contributed by atoms with Crippen LogP contribution in [0.2, 0.25) is 0 Å². The minimum Gasteiger partial charge on any atom is -0.461 e. The molecule has 2 unspecified atom stereocenters. The lowest BCUT2D eigenvalue weighted by Crippen LogP contribution is -2.41. The van der Waals surface area contributed by atoms with Crippen molar-refractivity contribution in [2.75, 3.05) is 6.61 Å².